The van der Waals surface area contributed by atoms with Gasteiger partial charge in [0.2, 0.25) is 0 Å². The van der Waals surface area contributed by atoms with E-state index < -0.39 is 22.3 Å². The first-order chi connectivity index (χ1) is 5.84. The monoisotopic (exact) mass is 266 g/mol. The minimum absolute atomic E-state index is 1.08. The molecule has 0 radical (unpaired) electrons. The molecule has 13 heavy (non-hydrogen) atoms. The Morgan fingerprint density at radius 3 is 1.38 bits per heavy atom. The summed E-state index contributed by atoms with van der Waals surface area (Å²) in [5, 5.41) is 0. The summed E-state index contributed by atoms with van der Waals surface area (Å²) in [6.45, 7) is 10.7. The molecule has 0 fully saturated rings. The summed E-state index contributed by atoms with van der Waals surface area (Å²) in [6.07, 6.45) is 0. The second kappa shape index (κ2) is 4.75. The first kappa shape index (κ1) is 13.4. The van der Waals surface area contributed by atoms with E-state index in [0.717, 1.165) is 4.03 Å². The van der Waals surface area contributed by atoms with Crippen molar-refractivity contribution in [3.05, 3.63) is 10.6 Å². The second-order valence-electron chi connectivity index (χ2n) is 3.90. The van der Waals surface area contributed by atoms with Gasteiger partial charge in [-0.15, -0.1) is 0 Å². The van der Waals surface area contributed by atoms with E-state index in [2.05, 4.69) is 26.2 Å². The summed E-state index contributed by atoms with van der Waals surface area (Å²) in [6, 6.07) is 0. The van der Waals surface area contributed by atoms with Crippen molar-refractivity contribution in [2.24, 2.45) is 0 Å². The van der Waals surface area contributed by atoms with E-state index in [1.54, 1.807) is 21.3 Å². The summed E-state index contributed by atoms with van der Waals surface area (Å²) in [5.74, 6) is 0. The Morgan fingerprint density at radius 1 is 1.00 bits per heavy atom. The molecule has 0 aromatic carbocycles. The average molecular weight is 265 g/mol. The zero-order valence-corrected chi connectivity index (χ0v) is 12.5. The molecule has 0 N–H and O–H groups in total. The molecule has 0 amide bonds. The van der Waals surface area contributed by atoms with E-state index in [4.69, 9.17) is 11.3 Å². The van der Waals surface area contributed by atoms with Crippen LogP contribution >= 0.6 is 0 Å². The molecule has 0 aromatic heterocycles. The van der Waals surface area contributed by atoms with Crippen LogP contribution in [0.2, 0.25) is 19.6 Å². The van der Waals surface area contributed by atoms with E-state index in [1.807, 2.05) is 0 Å². The summed E-state index contributed by atoms with van der Waals surface area (Å²) < 4.78 is 17.3. The molecule has 0 aliphatic rings. The fourth-order valence-electron chi connectivity index (χ4n) is 1.08. The first-order valence-electron chi connectivity index (χ1n) is 4.19. The van der Waals surface area contributed by atoms with Crippen LogP contribution in [0.4, 0.5) is 0 Å². The van der Waals surface area contributed by atoms with Crippen LogP contribution in [0.1, 0.15) is 0 Å². The summed E-state index contributed by atoms with van der Waals surface area (Å²) in [4.78, 5) is 0. The van der Waals surface area contributed by atoms with Crippen molar-refractivity contribution in [3.63, 3.8) is 0 Å². The fourth-order valence-corrected chi connectivity index (χ4v) is 12.0. The van der Waals surface area contributed by atoms with Crippen LogP contribution in [-0.2, 0) is 11.3 Å². The number of hydrogen-bond donors (Lipinski definition) is 0. The van der Waals surface area contributed by atoms with Gasteiger partial charge in [0.1, 0.15) is 0 Å². The van der Waals surface area contributed by atoms with E-state index in [-0.39, 0.29) is 0 Å². The van der Waals surface area contributed by atoms with Crippen LogP contribution < -0.4 is 0 Å². The third-order valence-electron chi connectivity index (χ3n) is 2.08. The first-order valence-corrected chi connectivity index (χ1v) is 11.3. The Bertz CT molecular complexity index is 176. The maximum atomic E-state index is 5.40. The SMILES string of the molecule is C=[C]([Si](C)(C)C)[Ge]([O]C)([O]C)[O]C. The van der Waals surface area contributed by atoms with Crippen molar-refractivity contribution in [2.45, 2.75) is 19.6 Å². The third-order valence-corrected chi connectivity index (χ3v) is 15.1. The molecule has 0 atom stereocenters. The Hall–Kier alpha value is 0.380. The van der Waals surface area contributed by atoms with E-state index >= 15 is 0 Å². The van der Waals surface area contributed by atoms with Crippen LogP contribution in [0.15, 0.2) is 10.6 Å². The standard InChI is InChI=1S/C8H20GeO3Si/c1-8(13(5,6)7)9(10-2,11-3)12-4/h1H2,2-7H3. The minimum atomic E-state index is -3.12. The summed E-state index contributed by atoms with van der Waals surface area (Å²) >= 11 is -3.12. The van der Waals surface area contributed by atoms with Gasteiger partial charge in [-0.05, 0) is 0 Å². The molecule has 0 bridgehead atoms. The van der Waals surface area contributed by atoms with Gasteiger partial charge in [-0.2, -0.15) is 0 Å². The number of hydrogen-bond acceptors (Lipinski definition) is 3. The van der Waals surface area contributed by atoms with Crippen LogP contribution in [0.25, 0.3) is 0 Å². The maximum absolute atomic E-state index is 5.40. The molecule has 78 valence electrons. The summed E-state index contributed by atoms with van der Waals surface area (Å²) in [5.41, 5.74) is 0. The molecular weight excluding hydrogens is 245 g/mol. The molecule has 0 rings (SSSR count). The fraction of sp³-hybridized carbons (Fsp3) is 0.750. The van der Waals surface area contributed by atoms with Gasteiger partial charge >= 0.3 is 85.2 Å². The molecule has 0 aromatic rings. The topological polar surface area (TPSA) is 27.7 Å². The van der Waals surface area contributed by atoms with Gasteiger partial charge in [-0.25, -0.2) is 0 Å². The van der Waals surface area contributed by atoms with Crippen molar-refractivity contribution in [2.75, 3.05) is 21.3 Å². The Kier molecular flexibility index (Phi) is 4.88. The van der Waals surface area contributed by atoms with E-state index in [0.29, 0.717) is 0 Å². The molecule has 0 saturated heterocycles. The van der Waals surface area contributed by atoms with Crippen molar-refractivity contribution < 1.29 is 11.3 Å². The molecule has 0 aliphatic carbocycles. The molecule has 0 saturated carbocycles. The van der Waals surface area contributed by atoms with Gasteiger partial charge in [0.05, 0.1) is 0 Å². The molecule has 0 unspecified atom stereocenters. The molecular formula is C8H20GeO3Si. The van der Waals surface area contributed by atoms with E-state index in [9.17, 15) is 0 Å². The molecule has 3 nitrogen and oxygen atoms in total. The predicted molar refractivity (Wildman–Crippen MR) is 59.3 cm³/mol. The number of rotatable bonds is 5. The Balaban J connectivity index is 4.85. The van der Waals surface area contributed by atoms with Crippen molar-refractivity contribution in [1.82, 2.24) is 0 Å². The van der Waals surface area contributed by atoms with Crippen LogP contribution in [0.5, 0.6) is 0 Å². The molecule has 0 aliphatic heterocycles. The zero-order chi connectivity index (χ0) is 10.7. The van der Waals surface area contributed by atoms with Gasteiger partial charge in [0, 0.05) is 0 Å². The van der Waals surface area contributed by atoms with Gasteiger partial charge in [-0.3, -0.25) is 0 Å². The third kappa shape index (κ3) is 2.92. The quantitative estimate of drug-likeness (QED) is 0.710. The predicted octanol–water partition coefficient (Wildman–Crippen LogP) is 1.84. The van der Waals surface area contributed by atoms with Gasteiger partial charge in [0.15, 0.2) is 0 Å². The van der Waals surface area contributed by atoms with Crippen molar-refractivity contribution >= 4 is 22.3 Å². The van der Waals surface area contributed by atoms with Gasteiger partial charge in [-0.1, -0.05) is 0 Å². The van der Waals surface area contributed by atoms with Gasteiger partial charge < -0.3 is 0 Å². The molecule has 0 heterocycles. The van der Waals surface area contributed by atoms with E-state index in [1.165, 1.54) is 0 Å². The van der Waals surface area contributed by atoms with Crippen LogP contribution in [-0.4, -0.2) is 43.7 Å². The molecule has 0 spiro atoms. The normalized spacial score (nSPS) is 13.1. The van der Waals surface area contributed by atoms with Crippen LogP contribution in [0, 0.1) is 0 Å². The van der Waals surface area contributed by atoms with Crippen molar-refractivity contribution in [1.29, 1.82) is 0 Å². The average Bonchev–Trinajstić information content (AvgIpc) is 2.07. The second-order valence-corrected chi connectivity index (χ2v) is 16.2. The van der Waals surface area contributed by atoms with Crippen LogP contribution in [0.3, 0.4) is 0 Å². The Labute approximate surface area is 85.5 Å². The molecule has 5 heteroatoms. The Morgan fingerprint density at radius 2 is 1.31 bits per heavy atom. The van der Waals surface area contributed by atoms with Crippen molar-refractivity contribution in [3.8, 4) is 0 Å². The van der Waals surface area contributed by atoms with Gasteiger partial charge in [0.25, 0.3) is 0 Å². The zero-order valence-electron chi connectivity index (χ0n) is 9.43. The summed E-state index contributed by atoms with van der Waals surface area (Å²) in [7, 11) is 3.47.